The number of benzene rings is 1. The molecule has 1 saturated heterocycles. The Kier molecular flexibility index (Phi) is 5.45. The van der Waals surface area contributed by atoms with Gasteiger partial charge in [0, 0.05) is 6.04 Å². The third kappa shape index (κ3) is 3.45. The number of carbonyl (C=O) groups is 1. The van der Waals surface area contributed by atoms with Gasteiger partial charge in [-0.15, -0.1) is 12.4 Å². The lowest BCUT2D eigenvalue weighted by Gasteiger charge is -2.29. The van der Waals surface area contributed by atoms with Crippen molar-refractivity contribution in [3.63, 3.8) is 0 Å². The molecule has 3 nitrogen and oxygen atoms in total. The average Bonchev–Trinajstić information content (AvgIpc) is 2.31. The van der Waals surface area contributed by atoms with Crippen LogP contribution in [0.15, 0.2) is 30.3 Å². The van der Waals surface area contributed by atoms with Gasteiger partial charge in [-0.3, -0.25) is 4.79 Å². The van der Waals surface area contributed by atoms with Crippen molar-refractivity contribution >= 4 is 18.4 Å². The maximum Gasteiger partial charge on any atom is 0.312 e. The molecule has 1 aromatic rings. The quantitative estimate of drug-likeness (QED) is 0.872. The normalized spacial score (nSPS) is 21.3. The van der Waals surface area contributed by atoms with Gasteiger partial charge >= 0.3 is 5.97 Å². The molecule has 17 heavy (non-hydrogen) atoms. The van der Waals surface area contributed by atoms with E-state index in [1.807, 2.05) is 30.3 Å². The minimum Gasteiger partial charge on any atom is -0.481 e. The second-order valence-electron chi connectivity index (χ2n) is 4.28. The minimum atomic E-state index is -0.731. The highest BCUT2D eigenvalue weighted by molar-refractivity contribution is 5.85. The molecule has 1 aliphatic rings. The maximum absolute atomic E-state index is 11.4. The zero-order chi connectivity index (χ0) is 11.4. The monoisotopic (exact) mass is 255 g/mol. The lowest BCUT2D eigenvalue weighted by atomic mass is 9.86. The van der Waals surface area contributed by atoms with Crippen molar-refractivity contribution in [1.29, 1.82) is 0 Å². The average molecular weight is 256 g/mol. The number of rotatable bonds is 3. The molecule has 2 rings (SSSR count). The standard InChI is InChI=1S/C13H17NO2.ClH/c15-13(16)12(10-6-2-1-3-7-10)11-8-4-5-9-14-11;/h1-3,6-7,11-12,14H,4-5,8-9H2,(H,15,16);1H/t11-,12-;/m0./s1. The number of nitrogens with one attached hydrogen (secondary N) is 1. The summed E-state index contributed by atoms with van der Waals surface area (Å²) < 4.78 is 0. The smallest absolute Gasteiger partial charge is 0.312 e. The number of piperidine rings is 1. The number of halogens is 1. The van der Waals surface area contributed by atoms with Gasteiger partial charge in [0.1, 0.15) is 0 Å². The van der Waals surface area contributed by atoms with Gasteiger partial charge < -0.3 is 10.4 Å². The zero-order valence-electron chi connectivity index (χ0n) is 9.63. The van der Waals surface area contributed by atoms with Crippen molar-refractivity contribution in [1.82, 2.24) is 5.32 Å². The van der Waals surface area contributed by atoms with Crippen molar-refractivity contribution in [3.8, 4) is 0 Å². The summed E-state index contributed by atoms with van der Waals surface area (Å²) in [6, 6.07) is 9.58. The molecule has 0 unspecified atom stereocenters. The Bertz CT molecular complexity index is 350. The molecule has 1 aromatic carbocycles. The number of aliphatic carboxylic acids is 1. The summed E-state index contributed by atoms with van der Waals surface area (Å²) in [6.45, 7) is 0.932. The fourth-order valence-corrected chi connectivity index (χ4v) is 2.37. The molecule has 2 N–H and O–H groups in total. The predicted octanol–water partition coefficient (Wildman–Crippen LogP) is 2.42. The van der Waals surface area contributed by atoms with E-state index in [0.717, 1.165) is 31.4 Å². The van der Waals surface area contributed by atoms with Crippen LogP contribution in [0.5, 0.6) is 0 Å². The highest BCUT2D eigenvalue weighted by Gasteiger charge is 2.30. The molecule has 1 aliphatic heterocycles. The Morgan fingerprint density at radius 2 is 2.00 bits per heavy atom. The Labute approximate surface area is 108 Å². The summed E-state index contributed by atoms with van der Waals surface area (Å²) in [7, 11) is 0. The van der Waals surface area contributed by atoms with Crippen LogP contribution < -0.4 is 5.32 Å². The van der Waals surface area contributed by atoms with Gasteiger partial charge in [-0.05, 0) is 24.9 Å². The minimum absolute atomic E-state index is 0. The Morgan fingerprint density at radius 3 is 2.53 bits per heavy atom. The lowest BCUT2D eigenvalue weighted by molar-refractivity contribution is -0.139. The zero-order valence-corrected chi connectivity index (χ0v) is 10.5. The first-order valence-corrected chi connectivity index (χ1v) is 5.80. The fourth-order valence-electron chi connectivity index (χ4n) is 2.37. The highest BCUT2D eigenvalue weighted by atomic mass is 35.5. The van der Waals surface area contributed by atoms with Crippen molar-refractivity contribution in [2.75, 3.05) is 6.54 Å². The summed E-state index contributed by atoms with van der Waals surface area (Å²) in [4.78, 5) is 11.4. The summed E-state index contributed by atoms with van der Waals surface area (Å²) in [5.74, 6) is -1.15. The van der Waals surface area contributed by atoms with Crippen molar-refractivity contribution < 1.29 is 9.90 Å². The molecule has 0 saturated carbocycles. The topological polar surface area (TPSA) is 49.3 Å². The van der Waals surface area contributed by atoms with Crippen LogP contribution in [0.4, 0.5) is 0 Å². The van der Waals surface area contributed by atoms with Gasteiger partial charge in [0.15, 0.2) is 0 Å². The first kappa shape index (κ1) is 14.0. The Morgan fingerprint density at radius 1 is 1.29 bits per heavy atom. The Hall–Kier alpha value is -1.06. The van der Waals surface area contributed by atoms with Crippen molar-refractivity contribution in [2.45, 2.75) is 31.2 Å². The summed E-state index contributed by atoms with van der Waals surface area (Å²) in [5.41, 5.74) is 0.898. The molecular weight excluding hydrogens is 238 g/mol. The van der Waals surface area contributed by atoms with Gasteiger partial charge in [-0.25, -0.2) is 0 Å². The van der Waals surface area contributed by atoms with E-state index in [0.29, 0.717) is 0 Å². The molecule has 94 valence electrons. The van der Waals surface area contributed by atoms with Crippen molar-refractivity contribution in [2.24, 2.45) is 0 Å². The number of carboxylic acids is 1. The second-order valence-corrected chi connectivity index (χ2v) is 4.28. The van der Waals surface area contributed by atoms with Crippen LogP contribution in [0.25, 0.3) is 0 Å². The number of hydrogen-bond donors (Lipinski definition) is 2. The van der Waals surface area contributed by atoms with E-state index in [2.05, 4.69) is 5.32 Å². The molecule has 0 bridgehead atoms. The Balaban J connectivity index is 0.00000144. The summed E-state index contributed by atoms with van der Waals surface area (Å²) in [5, 5.41) is 12.7. The lowest BCUT2D eigenvalue weighted by Crippen LogP contribution is -2.41. The van der Waals surface area contributed by atoms with Crippen LogP contribution in [0.1, 0.15) is 30.7 Å². The largest absolute Gasteiger partial charge is 0.481 e. The van der Waals surface area contributed by atoms with E-state index in [9.17, 15) is 9.90 Å². The highest BCUT2D eigenvalue weighted by Crippen LogP contribution is 2.25. The summed E-state index contributed by atoms with van der Waals surface area (Å²) >= 11 is 0. The predicted molar refractivity (Wildman–Crippen MR) is 69.7 cm³/mol. The molecule has 0 aromatic heterocycles. The second kappa shape index (κ2) is 6.62. The van der Waals surface area contributed by atoms with E-state index in [-0.39, 0.29) is 18.4 Å². The SMILES string of the molecule is Cl.O=C(O)[C@@H](c1ccccc1)[C@@H]1CCCCN1. The molecule has 2 atom stereocenters. The van der Waals surface area contributed by atoms with Gasteiger partial charge in [0.05, 0.1) is 5.92 Å². The maximum atomic E-state index is 11.4. The van der Waals surface area contributed by atoms with Gasteiger partial charge in [-0.2, -0.15) is 0 Å². The van der Waals surface area contributed by atoms with E-state index in [1.165, 1.54) is 0 Å². The van der Waals surface area contributed by atoms with Gasteiger partial charge in [-0.1, -0.05) is 36.8 Å². The first-order chi connectivity index (χ1) is 7.79. The van der Waals surface area contributed by atoms with Crippen LogP contribution >= 0.6 is 12.4 Å². The van der Waals surface area contributed by atoms with Crippen LogP contribution in [0.3, 0.4) is 0 Å². The van der Waals surface area contributed by atoms with Crippen LogP contribution in [0, 0.1) is 0 Å². The molecular formula is C13H18ClNO2. The molecule has 0 radical (unpaired) electrons. The first-order valence-electron chi connectivity index (χ1n) is 5.80. The molecule has 0 aliphatic carbocycles. The van der Waals surface area contributed by atoms with E-state index in [4.69, 9.17) is 0 Å². The summed E-state index contributed by atoms with van der Waals surface area (Å²) in [6.07, 6.45) is 3.22. The third-order valence-electron chi connectivity index (χ3n) is 3.18. The molecule has 4 heteroatoms. The van der Waals surface area contributed by atoms with E-state index < -0.39 is 11.9 Å². The molecule has 1 heterocycles. The fraction of sp³-hybridized carbons (Fsp3) is 0.462. The molecule has 1 fully saturated rings. The van der Waals surface area contributed by atoms with E-state index >= 15 is 0 Å². The van der Waals surface area contributed by atoms with Crippen molar-refractivity contribution in [3.05, 3.63) is 35.9 Å². The molecule has 0 spiro atoms. The number of hydrogen-bond acceptors (Lipinski definition) is 2. The van der Waals surface area contributed by atoms with Crippen LogP contribution in [-0.4, -0.2) is 23.7 Å². The third-order valence-corrected chi connectivity index (χ3v) is 3.18. The van der Waals surface area contributed by atoms with Crippen LogP contribution in [0.2, 0.25) is 0 Å². The molecule has 0 amide bonds. The van der Waals surface area contributed by atoms with Gasteiger partial charge in [0.25, 0.3) is 0 Å². The number of carboxylic acid groups (broad SMARTS) is 1. The van der Waals surface area contributed by atoms with Crippen LogP contribution in [-0.2, 0) is 4.79 Å². The van der Waals surface area contributed by atoms with Gasteiger partial charge in [0.2, 0.25) is 0 Å². The van der Waals surface area contributed by atoms with E-state index in [1.54, 1.807) is 0 Å².